The van der Waals surface area contributed by atoms with Gasteiger partial charge in [0, 0.05) is 23.0 Å². The quantitative estimate of drug-likeness (QED) is 0.572. The summed E-state index contributed by atoms with van der Waals surface area (Å²) in [5.41, 5.74) is 0.554. The third kappa shape index (κ3) is 4.00. The van der Waals surface area contributed by atoms with Gasteiger partial charge in [0.15, 0.2) is 17.6 Å². The predicted octanol–water partition coefficient (Wildman–Crippen LogP) is 4.85. The predicted molar refractivity (Wildman–Crippen MR) is 102 cm³/mol. The third-order valence-electron chi connectivity index (χ3n) is 4.56. The standard InChI is InChI=1S/C18H15BrF3N5O2/c1-9-6-15(26-29-9)24-17(28)13-8-16-23-12(10-2-4-11(19)5-3-10)7-14(18(20,21)22)27(16)25-13/h2-6,8,12,14,23H,7H2,1H3,(H,24,26,28)/t12-,14-/m1/s1. The molecule has 2 aromatic heterocycles. The van der Waals surface area contributed by atoms with Crippen molar-refractivity contribution in [1.29, 1.82) is 0 Å². The molecular weight excluding hydrogens is 455 g/mol. The van der Waals surface area contributed by atoms with Crippen LogP contribution >= 0.6 is 15.9 Å². The van der Waals surface area contributed by atoms with E-state index in [1.165, 1.54) is 12.1 Å². The minimum atomic E-state index is -4.52. The zero-order valence-corrected chi connectivity index (χ0v) is 16.6. The molecule has 2 atom stereocenters. The van der Waals surface area contributed by atoms with E-state index in [9.17, 15) is 18.0 Å². The number of benzene rings is 1. The molecule has 29 heavy (non-hydrogen) atoms. The van der Waals surface area contributed by atoms with Crippen LogP contribution in [0.1, 0.15) is 40.3 Å². The molecule has 0 radical (unpaired) electrons. The Morgan fingerprint density at radius 2 is 2.03 bits per heavy atom. The first-order chi connectivity index (χ1) is 13.7. The van der Waals surface area contributed by atoms with Crippen LogP contribution in [0.4, 0.5) is 24.8 Å². The van der Waals surface area contributed by atoms with Gasteiger partial charge in [-0.2, -0.15) is 18.3 Å². The van der Waals surface area contributed by atoms with Crippen molar-refractivity contribution in [2.75, 3.05) is 10.6 Å². The van der Waals surface area contributed by atoms with Crippen molar-refractivity contribution >= 4 is 33.5 Å². The van der Waals surface area contributed by atoms with E-state index in [0.717, 1.165) is 9.15 Å². The minimum absolute atomic E-state index is 0.118. The summed E-state index contributed by atoms with van der Waals surface area (Å²) in [6.07, 6.45) is -4.77. The zero-order chi connectivity index (χ0) is 20.8. The average Bonchev–Trinajstić information content (AvgIpc) is 3.26. The molecule has 0 saturated carbocycles. The Kier molecular flexibility index (Phi) is 4.85. The first-order valence-corrected chi connectivity index (χ1v) is 9.43. The van der Waals surface area contributed by atoms with Gasteiger partial charge >= 0.3 is 6.18 Å². The van der Waals surface area contributed by atoms with E-state index in [1.807, 2.05) is 0 Å². The molecule has 3 heterocycles. The molecule has 7 nitrogen and oxygen atoms in total. The van der Waals surface area contributed by atoms with Crippen LogP contribution in [0.2, 0.25) is 0 Å². The van der Waals surface area contributed by atoms with E-state index in [0.29, 0.717) is 11.3 Å². The van der Waals surface area contributed by atoms with Crippen LogP contribution < -0.4 is 10.6 Å². The fourth-order valence-corrected chi connectivity index (χ4v) is 3.47. The number of anilines is 2. The molecular formula is C18H15BrF3N5O2. The van der Waals surface area contributed by atoms with Crippen molar-refractivity contribution in [2.24, 2.45) is 0 Å². The molecule has 4 rings (SSSR count). The van der Waals surface area contributed by atoms with Gasteiger partial charge in [-0.3, -0.25) is 4.79 Å². The summed E-state index contributed by atoms with van der Waals surface area (Å²) in [5, 5.41) is 13.0. The molecule has 1 aliphatic rings. The highest BCUT2D eigenvalue weighted by atomic mass is 79.9. The van der Waals surface area contributed by atoms with Crippen molar-refractivity contribution in [1.82, 2.24) is 14.9 Å². The summed E-state index contributed by atoms with van der Waals surface area (Å²) in [5.74, 6) is 0.0863. The van der Waals surface area contributed by atoms with Crippen LogP contribution in [-0.4, -0.2) is 27.0 Å². The number of hydrogen-bond acceptors (Lipinski definition) is 5. The Hall–Kier alpha value is -2.82. The van der Waals surface area contributed by atoms with Gasteiger partial charge in [-0.1, -0.05) is 33.2 Å². The SMILES string of the molecule is Cc1cc(NC(=O)c2cc3n(n2)[C@@H](C(F)(F)F)C[C@H](c2ccc(Br)cc2)N3)no1. The number of halogens is 4. The van der Waals surface area contributed by atoms with Crippen molar-refractivity contribution in [3.8, 4) is 0 Å². The number of amides is 1. The van der Waals surface area contributed by atoms with Gasteiger partial charge in [0.25, 0.3) is 5.91 Å². The van der Waals surface area contributed by atoms with Crippen LogP contribution in [0.15, 0.2) is 45.4 Å². The number of nitrogens with zero attached hydrogens (tertiary/aromatic N) is 3. The molecule has 0 unspecified atom stereocenters. The number of carbonyl (C=O) groups excluding carboxylic acids is 1. The van der Waals surface area contributed by atoms with Gasteiger partial charge in [-0.15, -0.1) is 0 Å². The number of aryl methyl sites for hydroxylation is 1. The average molecular weight is 470 g/mol. The third-order valence-corrected chi connectivity index (χ3v) is 5.09. The first kappa shape index (κ1) is 19.5. The van der Waals surface area contributed by atoms with Gasteiger partial charge in [0.05, 0.1) is 6.04 Å². The first-order valence-electron chi connectivity index (χ1n) is 8.63. The second-order valence-corrected chi connectivity index (χ2v) is 7.59. The second kappa shape index (κ2) is 7.21. The van der Waals surface area contributed by atoms with Crippen molar-refractivity contribution in [3.05, 3.63) is 57.9 Å². The van der Waals surface area contributed by atoms with Gasteiger partial charge in [0.1, 0.15) is 11.6 Å². The summed E-state index contributed by atoms with van der Waals surface area (Å²) < 4.78 is 47.7. The minimum Gasteiger partial charge on any atom is -0.363 e. The summed E-state index contributed by atoms with van der Waals surface area (Å²) in [6, 6.07) is 7.40. The lowest BCUT2D eigenvalue weighted by Gasteiger charge is -2.33. The van der Waals surface area contributed by atoms with Gasteiger partial charge < -0.3 is 15.2 Å². The molecule has 1 aliphatic heterocycles. The molecule has 152 valence electrons. The lowest BCUT2D eigenvalue weighted by Crippen LogP contribution is -2.35. The number of alkyl halides is 3. The van der Waals surface area contributed by atoms with Gasteiger partial charge in [-0.25, -0.2) is 4.68 Å². The number of fused-ring (bicyclic) bond motifs is 1. The molecule has 2 N–H and O–H groups in total. The Morgan fingerprint density at radius 3 is 2.66 bits per heavy atom. The van der Waals surface area contributed by atoms with Crippen LogP contribution in [0.3, 0.4) is 0 Å². The summed E-state index contributed by atoms with van der Waals surface area (Å²) in [6.45, 7) is 1.65. The fourth-order valence-electron chi connectivity index (χ4n) is 3.20. The van der Waals surface area contributed by atoms with E-state index < -0.39 is 24.2 Å². The summed E-state index contributed by atoms with van der Waals surface area (Å²) in [7, 11) is 0. The second-order valence-electron chi connectivity index (χ2n) is 6.68. The molecule has 11 heteroatoms. The van der Waals surface area contributed by atoms with E-state index in [1.54, 1.807) is 31.2 Å². The molecule has 0 aliphatic carbocycles. The van der Waals surface area contributed by atoms with E-state index >= 15 is 0 Å². The molecule has 0 fully saturated rings. The van der Waals surface area contributed by atoms with Crippen LogP contribution in [-0.2, 0) is 0 Å². The Morgan fingerprint density at radius 1 is 1.31 bits per heavy atom. The molecule has 3 aromatic rings. The number of carbonyl (C=O) groups is 1. The Labute approximate surface area is 171 Å². The molecule has 1 amide bonds. The highest BCUT2D eigenvalue weighted by molar-refractivity contribution is 9.10. The van der Waals surface area contributed by atoms with Crippen molar-refractivity contribution in [2.45, 2.75) is 31.6 Å². The fraction of sp³-hybridized carbons (Fsp3) is 0.278. The maximum absolute atomic E-state index is 13.7. The molecule has 1 aromatic carbocycles. The molecule has 0 saturated heterocycles. The Bertz CT molecular complexity index is 1040. The number of rotatable bonds is 3. The largest absolute Gasteiger partial charge is 0.410 e. The lowest BCUT2D eigenvalue weighted by atomic mass is 9.97. The topological polar surface area (TPSA) is 85.0 Å². The molecule has 0 spiro atoms. The normalized spacial score (nSPS) is 18.8. The number of nitrogens with one attached hydrogen (secondary N) is 2. The number of hydrogen-bond donors (Lipinski definition) is 2. The van der Waals surface area contributed by atoms with Gasteiger partial charge in [-0.05, 0) is 24.6 Å². The van der Waals surface area contributed by atoms with Crippen LogP contribution in [0.25, 0.3) is 0 Å². The van der Waals surface area contributed by atoms with Crippen LogP contribution in [0, 0.1) is 6.92 Å². The van der Waals surface area contributed by atoms with Crippen molar-refractivity contribution in [3.63, 3.8) is 0 Å². The zero-order valence-electron chi connectivity index (χ0n) is 15.0. The molecule has 0 bridgehead atoms. The van der Waals surface area contributed by atoms with Gasteiger partial charge in [0.2, 0.25) is 0 Å². The summed E-state index contributed by atoms with van der Waals surface area (Å²) >= 11 is 3.32. The Balaban J connectivity index is 1.64. The van der Waals surface area contributed by atoms with Crippen LogP contribution in [0.5, 0.6) is 0 Å². The number of aromatic nitrogens is 3. The van der Waals surface area contributed by atoms with E-state index in [-0.39, 0.29) is 23.8 Å². The highest BCUT2D eigenvalue weighted by Gasteiger charge is 2.46. The van der Waals surface area contributed by atoms with E-state index in [2.05, 4.69) is 36.8 Å². The maximum atomic E-state index is 13.7. The highest BCUT2D eigenvalue weighted by Crippen LogP contribution is 2.43. The smallest absolute Gasteiger partial charge is 0.363 e. The van der Waals surface area contributed by atoms with Crippen molar-refractivity contribution < 1.29 is 22.5 Å². The monoisotopic (exact) mass is 469 g/mol. The van der Waals surface area contributed by atoms with E-state index in [4.69, 9.17) is 4.52 Å². The maximum Gasteiger partial charge on any atom is 0.410 e. The summed E-state index contributed by atoms with van der Waals surface area (Å²) in [4.78, 5) is 12.4. The lowest BCUT2D eigenvalue weighted by molar-refractivity contribution is -0.173.